The molecule has 0 aromatic heterocycles. The molecule has 6 nitrogen and oxygen atoms in total. The summed E-state index contributed by atoms with van der Waals surface area (Å²) in [6.45, 7) is 0.408. The average molecular weight is 501 g/mol. The van der Waals surface area contributed by atoms with E-state index in [4.69, 9.17) is 21.1 Å². The largest absolute Gasteiger partial charge is 0.493 e. The molecule has 2 amide bonds. The third kappa shape index (κ3) is 5.20. The van der Waals surface area contributed by atoms with Gasteiger partial charge in [-0.2, -0.15) is 0 Å². The second-order valence-electron chi connectivity index (χ2n) is 8.58. The molecular weight excluding hydrogens is 472 g/mol. The lowest BCUT2D eigenvalue weighted by atomic mass is 9.83. The number of likely N-dealkylation sites (N-methyl/N-ethyl adjacent to an activating group) is 1. The Balaban J connectivity index is 1.42. The molecule has 2 aromatic carbocycles. The van der Waals surface area contributed by atoms with Crippen LogP contribution in [0, 0.1) is 5.92 Å². The second-order valence-corrected chi connectivity index (χ2v) is 10.3. The van der Waals surface area contributed by atoms with Crippen molar-refractivity contribution in [2.24, 2.45) is 5.92 Å². The van der Waals surface area contributed by atoms with Crippen LogP contribution in [0.5, 0.6) is 11.5 Å². The SMILES string of the molecule is COc1ccc(/C=C2\SC3CCC(C(=O)NCc4ccccc4Cl)CC3N(C)C2=O)cc1OC. The fourth-order valence-corrected chi connectivity index (χ4v) is 6.28. The summed E-state index contributed by atoms with van der Waals surface area (Å²) < 4.78 is 10.7. The number of carbonyl (C=O) groups excluding carboxylic acids is 2. The standard InChI is InChI=1S/C26H29ClN2O4S/c1-29-20-14-17(25(30)28-15-18-6-4-5-7-19(18)27)9-11-23(20)34-24(26(29)31)13-16-8-10-21(32-2)22(12-16)33-3/h4-8,10,12-13,17,20,23H,9,11,14-15H2,1-3H3,(H,28,30)/b24-13-. The number of amides is 2. The number of nitrogens with one attached hydrogen (secondary N) is 1. The number of fused-ring (bicyclic) bond motifs is 1. The molecule has 2 aromatic rings. The van der Waals surface area contributed by atoms with Crippen LogP contribution in [0.15, 0.2) is 47.4 Å². The molecule has 0 bridgehead atoms. The molecule has 1 heterocycles. The Hall–Kier alpha value is -2.64. The maximum atomic E-state index is 13.2. The number of hydrogen-bond donors (Lipinski definition) is 1. The number of hydrogen-bond acceptors (Lipinski definition) is 5. The van der Waals surface area contributed by atoms with Gasteiger partial charge in [0.15, 0.2) is 11.5 Å². The fraction of sp³-hybridized carbons (Fsp3) is 0.385. The van der Waals surface area contributed by atoms with Crippen molar-refractivity contribution in [3.8, 4) is 11.5 Å². The summed E-state index contributed by atoms with van der Waals surface area (Å²) in [5.74, 6) is 1.17. The zero-order valence-electron chi connectivity index (χ0n) is 19.5. The minimum absolute atomic E-state index is 0.0156. The van der Waals surface area contributed by atoms with Crippen LogP contribution in [0.4, 0.5) is 0 Å². The van der Waals surface area contributed by atoms with Gasteiger partial charge in [-0.1, -0.05) is 35.9 Å². The molecule has 2 aliphatic rings. The number of methoxy groups -OCH3 is 2. The van der Waals surface area contributed by atoms with Gasteiger partial charge in [-0.25, -0.2) is 0 Å². The summed E-state index contributed by atoms with van der Waals surface area (Å²) in [4.78, 5) is 28.5. The maximum Gasteiger partial charge on any atom is 0.260 e. The highest BCUT2D eigenvalue weighted by Gasteiger charge is 2.42. The molecule has 3 atom stereocenters. The van der Waals surface area contributed by atoms with Crippen LogP contribution < -0.4 is 14.8 Å². The van der Waals surface area contributed by atoms with E-state index in [2.05, 4.69) is 5.32 Å². The lowest BCUT2D eigenvalue weighted by Gasteiger charge is -2.44. The third-order valence-electron chi connectivity index (χ3n) is 6.55. The van der Waals surface area contributed by atoms with Crippen LogP contribution in [-0.4, -0.2) is 49.3 Å². The van der Waals surface area contributed by atoms with Crippen molar-refractivity contribution in [2.45, 2.75) is 37.1 Å². The number of ether oxygens (including phenoxy) is 2. The Morgan fingerprint density at radius 1 is 1.18 bits per heavy atom. The van der Waals surface area contributed by atoms with Gasteiger partial charge in [0.25, 0.3) is 5.91 Å². The monoisotopic (exact) mass is 500 g/mol. The molecular formula is C26H29ClN2O4S. The van der Waals surface area contributed by atoms with E-state index in [1.165, 1.54) is 0 Å². The summed E-state index contributed by atoms with van der Waals surface area (Å²) >= 11 is 7.83. The molecule has 3 unspecified atom stereocenters. The molecule has 1 N–H and O–H groups in total. The van der Waals surface area contributed by atoms with Gasteiger partial charge in [0.2, 0.25) is 5.91 Å². The number of benzene rings is 2. The lowest BCUT2D eigenvalue weighted by molar-refractivity contribution is -0.132. The molecule has 1 saturated carbocycles. The molecule has 2 fully saturated rings. The molecule has 1 aliphatic carbocycles. The first-order valence-electron chi connectivity index (χ1n) is 11.3. The predicted molar refractivity (Wildman–Crippen MR) is 136 cm³/mol. The van der Waals surface area contributed by atoms with Crippen molar-refractivity contribution in [3.63, 3.8) is 0 Å². The van der Waals surface area contributed by atoms with E-state index in [1.54, 1.807) is 30.9 Å². The quantitative estimate of drug-likeness (QED) is 0.579. The fourth-order valence-electron chi connectivity index (χ4n) is 4.60. The Morgan fingerprint density at radius 3 is 2.68 bits per heavy atom. The van der Waals surface area contributed by atoms with E-state index in [9.17, 15) is 9.59 Å². The zero-order valence-corrected chi connectivity index (χ0v) is 21.1. The van der Waals surface area contributed by atoms with Gasteiger partial charge in [0.1, 0.15) is 0 Å². The Morgan fingerprint density at radius 2 is 1.94 bits per heavy atom. The van der Waals surface area contributed by atoms with Crippen molar-refractivity contribution in [1.82, 2.24) is 10.2 Å². The maximum absolute atomic E-state index is 13.2. The molecule has 1 saturated heterocycles. The van der Waals surface area contributed by atoms with Crippen LogP contribution in [0.3, 0.4) is 0 Å². The van der Waals surface area contributed by atoms with E-state index >= 15 is 0 Å². The van der Waals surface area contributed by atoms with E-state index in [-0.39, 0.29) is 29.0 Å². The smallest absolute Gasteiger partial charge is 0.260 e. The van der Waals surface area contributed by atoms with E-state index < -0.39 is 0 Å². The Bertz CT molecular complexity index is 1110. The minimum Gasteiger partial charge on any atom is -0.493 e. The van der Waals surface area contributed by atoms with Gasteiger partial charge in [0.05, 0.1) is 19.1 Å². The van der Waals surface area contributed by atoms with E-state index in [0.717, 1.165) is 24.0 Å². The number of halogens is 1. The van der Waals surface area contributed by atoms with Crippen molar-refractivity contribution >= 4 is 41.3 Å². The normalized spacial score (nSPS) is 23.4. The molecule has 8 heteroatoms. The first kappa shape index (κ1) is 24.5. The summed E-state index contributed by atoms with van der Waals surface area (Å²) in [5.41, 5.74) is 1.78. The molecule has 34 heavy (non-hydrogen) atoms. The van der Waals surface area contributed by atoms with Crippen LogP contribution in [0.2, 0.25) is 5.02 Å². The Kier molecular flexibility index (Phi) is 7.73. The van der Waals surface area contributed by atoms with Crippen molar-refractivity contribution in [3.05, 3.63) is 63.5 Å². The third-order valence-corrected chi connectivity index (χ3v) is 8.32. The number of carbonyl (C=O) groups is 2. The first-order chi connectivity index (χ1) is 16.4. The van der Waals surface area contributed by atoms with Crippen molar-refractivity contribution in [1.29, 1.82) is 0 Å². The van der Waals surface area contributed by atoms with E-state index in [1.807, 2.05) is 55.6 Å². The minimum atomic E-state index is -0.115. The topological polar surface area (TPSA) is 67.9 Å². The zero-order chi connectivity index (χ0) is 24.2. The predicted octanol–water partition coefficient (Wildman–Crippen LogP) is 4.76. The number of nitrogens with zero attached hydrogens (tertiary/aromatic N) is 1. The number of thioether (sulfide) groups is 1. The summed E-state index contributed by atoms with van der Waals surface area (Å²) in [5, 5.41) is 3.94. The molecule has 1 aliphatic heterocycles. The highest BCUT2D eigenvalue weighted by Crippen LogP contribution is 2.43. The van der Waals surface area contributed by atoms with Gasteiger partial charge >= 0.3 is 0 Å². The van der Waals surface area contributed by atoms with Gasteiger partial charge < -0.3 is 19.7 Å². The molecule has 4 rings (SSSR count). The molecule has 0 spiro atoms. The Labute approximate surface area is 209 Å². The average Bonchev–Trinajstić information content (AvgIpc) is 2.86. The second kappa shape index (κ2) is 10.7. The molecule has 0 radical (unpaired) electrons. The van der Waals surface area contributed by atoms with Crippen LogP contribution in [0.1, 0.15) is 30.4 Å². The highest BCUT2D eigenvalue weighted by molar-refractivity contribution is 8.04. The van der Waals surface area contributed by atoms with E-state index in [0.29, 0.717) is 34.4 Å². The van der Waals surface area contributed by atoms with Gasteiger partial charge in [0, 0.05) is 35.8 Å². The summed E-state index contributed by atoms with van der Waals surface area (Å²) in [7, 11) is 5.03. The van der Waals surface area contributed by atoms with Crippen molar-refractivity contribution < 1.29 is 19.1 Å². The van der Waals surface area contributed by atoms with Gasteiger partial charge in [-0.05, 0) is 54.7 Å². The first-order valence-corrected chi connectivity index (χ1v) is 12.6. The van der Waals surface area contributed by atoms with Crippen LogP contribution in [-0.2, 0) is 16.1 Å². The van der Waals surface area contributed by atoms with Crippen LogP contribution >= 0.6 is 23.4 Å². The summed E-state index contributed by atoms with van der Waals surface area (Å²) in [6.07, 6.45) is 4.25. The summed E-state index contributed by atoms with van der Waals surface area (Å²) in [6, 6.07) is 13.2. The van der Waals surface area contributed by atoms with Crippen LogP contribution in [0.25, 0.3) is 6.08 Å². The lowest BCUT2D eigenvalue weighted by Crippen LogP contribution is -2.52. The molecule has 180 valence electrons. The number of rotatable bonds is 6. The highest BCUT2D eigenvalue weighted by atomic mass is 35.5. The van der Waals surface area contributed by atoms with Gasteiger partial charge in [-0.15, -0.1) is 11.8 Å². The van der Waals surface area contributed by atoms with Gasteiger partial charge in [-0.3, -0.25) is 9.59 Å². The van der Waals surface area contributed by atoms with Crippen molar-refractivity contribution in [2.75, 3.05) is 21.3 Å².